The molecule has 1 N–H and O–H groups in total. The molecular formula is C16H18ClF3N4. The largest absolute Gasteiger partial charge is 0.418 e. The van der Waals surface area contributed by atoms with Crippen LogP contribution in [0.4, 0.5) is 30.5 Å². The van der Waals surface area contributed by atoms with Crippen molar-refractivity contribution in [2.24, 2.45) is 0 Å². The van der Waals surface area contributed by atoms with E-state index in [1.165, 1.54) is 12.1 Å². The molecule has 0 radical (unpaired) electrons. The molecular weight excluding hydrogens is 341 g/mol. The first-order chi connectivity index (χ1) is 11.2. The lowest BCUT2D eigenvalue weighted by Gasteiger charge is -2.21. The fraction of sp³-hybridized carbons (Fsp3) is 0.375. The zero-order chi connectivity index (χ0) is 17.9. The number of benzene rings is 1. The lowest BCUT2D eigenvalue weighted by Crippen LogP contribution is -2.23. The van der Waals surface area contributed by atoms with Crippen LogP contribution in [0.3, 0.4) is 0 Å². The van der Waals surface area contributed by atoms with E-state index >= 15 is 0 Å². The summed E-state index contributed by atoms with van der Waals surface area (Å²) in [7, 11) is 0. The van der Waals surface area contributed by atoms with Gasteiger partial charge in [-0.25, -0.2) is 9.97 Å². The van der Waals surface area contributed by atoms with Gasteiger partial charge in [-0.05, 0) is 39.0 Å². The molecule has 0 saturated carbocycles. The zero-order valence-corrected chi connectivity index (χ0v) is 14.3. The summed E-state index contributed by atoms with van der Waals surface area (Å²) in [5, 5.41) is 2.76. The first kappa shape index (κ1) is 18.3. The Morgan fingerprint density at radius 2 is 1.79 bits per heavy atom. The molecule has 0 unspecified atom stereocenters. The highest BCUT2D eigenvalue weighted by Crippen LogP contribution is 2.37. The van der Waals surface area contributed by atoms with Gasteiger partial charge in [0.25, 0.3) is 0 Å². The van der Waals surface area contributed by atoms with Crippen LogP contribution in [0.5, 0.6) is 0 Å². The average molecular weight is 359 g/mol. The van der Waals surface area contributed by atoms with E-state index in [4.69, 9.17) is 11.6 Å². The molecule has 1 aromatic carbocycles. The van der Waals surface area contributed by atoms with Crippen LogP contribution < -0.4 is 10.2 Å². The van der Waals surface area contributed by atoms with Crippen molar-refractivity contribution in [1.82, 2.24) is 9.97 Å². The number of nitrogens with one attached hydrogen (secondary N) is 1. The maximum Gasteiger partial charge on any atom is 0.418 e. The van der Waals surface area contributed by atoms with Gasteiger partial charge in [0.2, 0.25) is 0 Å². The number of aromatic nitrogens is 2. The highest BCUT2D eigenvalue weighted by Gasteiger charge is 2.34. The number of rotatable bonds is 5. The predicted molar refractivity (Wildman–Crippen MR) is 90.1 cm³/mol. The number of hydrogen-bond acceptors (Lipinski definition) is 4. The Kier molecular flexibility index (Phi) is 5.54. The first-order valence-corrected chi connectivity index (χ1v) is 7.86. The van der Waals surface area contributed by atoms with E-state index < -0.39 is 11.7 Å². The van der Waals surface area contributed by atoms with Crippen LogP contribution in [-0.2, 0) is 6.18 Å². The third kappa shape index (κ3) is 4.29. The third-order valence-electron chi connectivity index (χ3n) is 3.46. The summed E-state index contributed by atoms with van der Waals surface area (Å²) in [5.74, 6) is 1.44. The number of anilines is 3. The maximum absolute atomic E-state index is 13.2. The number of nitrogens with zero attached hydrogens (tertiary/aromatic N) is 3. The van der Waals surface area contributed by atoms with E-state index in [0.29, 0.717) is 17.5 Å². The van der Waals surface area contributed by atoms with Crippen molar-refractivity contribution in [2.45, 2.75) is 26.9 Å². The molecule has 4 nitrogen and oxygen atoms in total. The summed E-state index contributed by atoms with van der Waals surface area (Å²) in [5.41, 5.74) is -0.939. The van der Waals surface area contributed by atoms with E-state index in [1.54, 1.807) is 13.0 Å². The minimum Gasteiger partial charge on any atom is -0.357 e. The molecule has 0 bridgehead atoms. The predicted octanol–water partition coefficient (Wildman–Crippen LogP) is 5.05. The smallest absolute Gasteiger partial charge is 0.357 e. The number of hydrogen-bond donors (Lipinski definition) is 1. The molecule has 2 rings (SSSR count). The van der Waals surface area contributed by atoms with Gasteiger partial charge < -0.3 is 10.2 Å². The van der Waals surface area contributed by atoms with Crippen molar-refractivity contribution in [1.29, 1.82) is 0 Å². The van der Waals surface area contributed by atoms with Crippen molar-refractivity contribution in [2.75, 3.05) is 23.3 Å². The second-order valence-electron chi connectivity index (χ2n) is 5.14. The minimum absolute atomic E-state index is 0.0237. The molecule has 24 heavy (non-hydrogen) atoms. The van der Waals surface area contributed by atoms with Crippen molar-refractivity contribution in [3.63, 3.8) is 0 Å². The quantitative estimate of drug-likeness (QED) is 0.812. The molecule has 1 aromatic heterocycles. The number of halogens is 4. The summed E-state index contributed by atoms with van der Waals surface area (Å²) in [6.45, 7) is 7.14. The minimum atomic E-state index is -4.52. The first-order valence-electron chi connectivity index (χ1n) is 7.49. The lowest BCUT2D eigenvalue weighted by atomic mass is 10.1. The van der Waals surface area contributed by atoms with Gasteiger partial charge in [0.1, 0.15) is 17.5 Å². The Balaban J connectivity index is 2.42. The van der Waals surface area contributed by atoms with E-state index in [1.807, 2.05) is 18.7 Å². The summed E-state index contributed by atoms with van der Waals surface area (Å²) in [4.78, 5) is 10.5. The van der Waals surface area contributed by atoms with Crippen LogP contribution in [0.1, 0.15) is 25.2 Å². The van der Waals surface area contributed by atoms with Gasteiger partial charge in [0.05, 0.1) is 11.3 Å². The Labute approximate surface area is 143 Å². The summed E-state index contributed by atoms with van der Waals surface area (Å²) in [6, 6.07) is 5.22. The molecule has 0 aliphatic rings. The molecule has 0 amide bonds. The van der Waals surface area contributed by atoms with Crippen LogP contribution in [0.15, 0.2) is 24.3 Å². The van der Waals surface area contributed by atoms with Gasteiger partial charge in [-0.15, -0.1) is 0 Å². The highest BCUT2D eigenvalue weighted by molar-refractivity contribution is 6.30. The molecule has 130 valence electrons. The van der Waals surface area contributed by atoms with Gasteiger partial charge in [0, 0.05) is 24.2 Å². The van der Waals surface area contributed by atoms with Gasteiger partial charge in [-0.1, -0.05) is 11.6 Å². The van der Waals surface area contributed by atoms with Crippen molar-refractivity contribution >= 4 is 28.9 Å². The summed E-state index contributed by atoms with van der Waals surface area (Å²) < 4.78 is 39.6. The molecule has 0 saturated heterocycles. The second-order valence-corrected chi connectivity index (χ2v) is 5.58. The van der Waals surface area contributed by atoms with Crippen LogP contribution in [0.25, 0.3) is 0 Å². The average Bonchev–Trinajstić information content (AvgIpc) is 2.49. The molecule has 0 aliphatic heterocycles. The van der Waals surface area contributed by atoms with Gasteiger partial charge >= 0.3 is 6.18 Å². The van der Waals surface area contributed by atoms with Crippen LogP contribution in [0.2, 0.25) is 5.02 Å². The monoisotopic (exact) mass is 358 g/mol. The Morgan fingerprint density at radius 1 is 1.12 bits per heavy atom. The number of aryl methyl sites for hydroxylation is 1. The van der Waals surface area contributed by atoms with Crippen LogP contribution in [0, 0.1) is 6.92 Å². The highest BCUT2D eigenvalue weighted by atomic mass is 35.5. The van der Waals surface area contributed by atoms with Gasteiger partial charge in [-0.2, -0.15) is 13.2 Å². The standard InChI is InChI=1S/C16H18ClF3N4/c1-4-24(5-2)15-9-14(21-10(3)22-15)23-13-7-6-11(17)8-12(13)16(18,19)20/h6-9H,4-5H2,1-3H3,(H,21,22,23). The van der Waals surface area contributed by atoms with Gasteiger partial charge in [0.15, 0.2) is 0 Å². The molecule has 0 aliphatic carbocycles. The van der Waals surface area contributed by atoms with Crippen molar-refractivity contribution < 1.29 is 13.2 Å². The number of alkyl halides is 3. The molecule has 0 fully saturated rings. The van der Waals surface area contributed by atoms with Gasteiger partial charge in [-0.3, -0.25) is 0 Å². The van der Waals surface area contributed by atoms with Crippen LogP contribution in [-0.4, -0.2) is 23.1 Å². The fourth-order valence-corrected chi connectivity index (χ4v) is 2.50. The lowest BCUT2D eigenvalue weighted by molar-refractivity contribution is -0.136. The van der Waals surface area contributed by atoms with E-state index in [9.17, 15) is 13.2 Å². The molecule has 0 spiro atoms. The zero-order valence-electron chi connectivity index (χ0n) is 13.6. The molecule has 0 atom stereocenters. The van der Waals surface area contributed by atoms with E-state index in [2.05, 4.69) is 15.3 Å². The Bertz CT molecular complexity index is 715. The summed E-state index contributed by atoms with van der Waals surface area (Å²) >= 11 is 5.70. The SMILES string of the molecule is CCN(CC)c1cc(Nc2ccc(Cl)cc2C(F)(F)F)nc(C)n1. The second kappa shape index (κ2) is 7.25. The molecule has 2 aromatic rings. The normalized spacial score (nSPS) is 11.5. The van der Waals surface area contributed by atoms with Crippen molar-refractivity contribution in [3.8, 4) is 0 Å². The summed E-state index contributed by atoms with van der Waals surface area (Å²) in [6.07, 6.45) is -4.52. The Hall–Kier alpha value is -2.02. The topological polar surface area (TPSA) is 41.0 Å². The van der Waals surface area contributed by atoms with E-state index in [-0.39, 0.29) is 10.7 Å². The molecule has 1 heterocycles. The van der Waals surface area contributed by atoms with Crippen molar-refractivity contribution in [3.05, 3.63) is 40.7 Å². The van der Waals surface area contributed by atoms with E-state index in [0.717, 1.165) is 19.2 Å². The fourth-order valence-electron chi connectivity index (χ4n) is 2.32. The Morgan fingerprint density at radius 3 is 2.38 bits per heavy atom. The van der Waals surface area contributed by atoms with Crippen LogP contribution >= 0.6 is 11.6 Å². The third-order valence-corrected chi connectivity index (χ3v) is 3.70. The molecule has 8 heteroatoms. The maximum atomic E-state index is 13.2.